The van der Waals surface area contributed by atoms with E-state index in [1.807, 2.05) is 36.4 Å². The summed E-state index contributed by atoms with van der Waals surface area (Å²) in [7, 11) is 0. The quantitative estimate of drug-likeness (QED) is 0.182. The van der Waals surface area contributed by atoms with E-state index in [0.717, 1.165) is 62.7 Å². The highest BCUT2D eigenvalue weighted by Gasteiger charge is 2.23. The van der Waals surface area contributed by atoms with Gasteiger partial charge in [-0.3, -0.25) is 0 Å². The lowest BCUT2D eigenvalue weighted by atomic mass is 9.82. The van der Waals surface area contributed by atoms with E-state index >= 15 is 0 Å². The summed E-state index contributed by atoms with van der Waals surface area (Å²) in [5.41, 5.74) is 14.3. The van der Waals surface area contributed by atoms with Crippen LogP contribution in [0.25, 0.3) is 50.6 Å². The normalized spacial score (nSPS) is 15.2. The second kappa shape index (κ2) is 14.1. The standard InChI is InChI=1S/C49H47N3/c1-34-30-40(48(2,3)4)22-15-29-52(46-28-25-41(32-43(34)46)49(5,6)7)42-26-23-35(24-27-42)38-20-14-21-39(31-38)47-50-44(36-16-10-8-11-17-36)33-45(51-47)37-18-12-9-13-19-37/h8-28,30-33H,1,29H2,2-7H3/b22-15-,40-30+. The van der Waals surface area contributed by atoms with Crippen molar-refractivity contribution in [2.75, 3.05) is 11.4 Å². The molecule has 7 rings (SSSR count). The zero-order valence-electron chi connectivity index (χ0n) is 31.2. The highest BCUT2D eigenvalue weighted by atomic mass is 15.1. The third-order valence-corrected chi connectivity index (χ3v) is 9.78. The van der Waals surface area contributed by atoms with E-state index in [0.29, 0.717) is 5.82 Å². The highest BCUT2D eigenvalue weighted by molar-refractivity contribution is 5.86. The predicted octanol–water partition coefficient (Wildman–Crippen LogP) is 13.1. The van der Waals surface area contributed by atoms with Crippen LogP contribution in [0.4, 0.5) is 11.4 Å². The number of hydrogen-bond acceptors (Lipinski definition) is 3. The number of rotatable bonds is 5. The number of benzene rings is 5. The lowest BCUT2D eigenvalue weighted by molar-refractivity contribution is 0.517. The number of anilines is 2. The first kappa shape index (κ1) is 34.6. The minimum atomic E-state index is 0.00359. The average Bonchev–Trinajstić information content (AvgIpc) is 3.22. The fourth-order valence-electron chi connectivity index (χ4n) is 6.66. The van der Waals surface area contributed by atoms with E-state index in [9.17, 15) is 0 Å². The molecule has 3 heteroatoms. The molecule has 1 aliphatic heterocycles. The molecule has 2 heterocycles. The third kappa shape index (κ3) is 7.45. The van der Waals surface area contributed by atoms with Crippen molar-refractivity contribution in [2.24, 2.45) is 5.41 Å². The van der Waals surface area contributed by atoms with Crippen molar-refractivity contribution >= 4 is 16.9 Å². The second-order valence-corrected chi connectivity index (χ2v) is 15.7. The first-order valence-electron chi connectivity index (χ1n) is 18.1. The molecule has 52 heavy (non-hydrogen) atoms. The molecular weight excluding hydrogens is 631 g/mol. The smallest absolute Gasteiger partial charge is 0.160 e. The van der Waals surface area contributed by atoms with Gasteiger partial charge in [-0.05, 0) is 75.1 Å². The minimum Gasteiger partial charge on any atom is -0.337 e. The molecule has 3 nitrogen and oxygen atoms in total. The zero-order chi connectivity index (χ0) is 36.5. The molecule has 0 amide bonds. The second-order valence-electron chi connectivity index (χ2n) is 15.7. The molecule has 5 aromatic carbocycles. The number of allylic oxidation sites excluding steroid dienone is 4. The van der Waals surface area contributed by atoms with Crippen LogP contribution in [0.15, 0.2) is 164 Å². The Hall–Kier alpha value is -5.80. The molecule has 0 saturated heterocycles. The molecule has 0 radical (unpaired) electrons. The molecule has 0 fully saturated rings. The van der Waals surface area contributed by atoms with Gasteiger partial charge < -0.3 is 4.90 Å². The van der Waals surface area contributed by atoms with Gasteiger partial charge in [0.2, 0.25) is 0 Å². The van der Waals surface area contributed by atoms with Crippen LogP contribution in [-0.2, 0) is 5.41 Å². The molecule has 0 aliphatic carbocycles. The topological polar surface area (TPSA) is 29.0 Å². The average molecular weight is 678 g/mol. The van der Waals surface area contributed by atoms with Gasteiger partial charge in [-0.15, -0.1) is 0 Å². The van der Waals surface area contributed by atoms with Crippen molar-refractivity contribution < 1.29 is 0 Å². The van der Waals surface area contributed by atoms with E-state index in [1.165, 1.54) is 16.7 Å². The SMILES string of the molecule is C=C1/C=C(C(C)(C)C)\C=C/CN(c2ccc(-c3cccc(-c4nc(-c5ccccc5)cc(-c5ccccc5)n4)c3)cc2)c2ccc(C(C)(C)C)cc21. The van der Waals surface area contributed by atoms with E-state index in [1.54, 1.807) is 0 Å². The van der Waals surface area contributed by atoms with Crippen molar-refractivity contribution in [3.05, 3.63) is 175 Å². The van der Waals surface area contributed by atoms with Crippen LogP contribution in [0.1, 0.15) is 52.7 Å². The summed E-state index contributed by atoms with van der Waals surface area (Å²) in [6.45, 7) is 18.9. The van der Waals surface area contributed by atoms with Gasteiger partial charge in [-0.2, -0.15) is 0 Å². The Kier molecular flexibility index (Phi) is 9.38. The number of hydrogen-bond donors (Lipinski definition) is 0. The molecule has 258 valence electrons. The van der Waals surface area contributed by atoms with Gasteiger partial charge in [0.1, 0.15) is 0 Å². The van der Waals surface area contributed by atoms with Gasteiger partial charge in [0.05, 0.1) is 11.4 Å². The molecule has 1 aliphatic rings. The van der Waals surface area contributed by atoms with Crippen molar-refractivity contribution in [3.63, 3.8) is 0 Å². The number of nitrogens with zero attached hydrogens (tertiary/aromatic N) is 3. The Bertz CT molecular complexity index is 2220. The van der Waals surface area contributed by atoms with Gasteiger partial charge in [0, 0.05) is 40.2 Å². The number of fused-ring (bicyclic) bond motifs is 1. The van der Waals surface area contributed by atoms with Crippen LogP contribution < -0.4 is 4.90 Å². The molecule has 1 aromatic heterocycles. The lowest BCUT2D eigenvalue weighted by Gasteiger charge is -2.29. The van der Waals surface area contributed by atoms with Crippen LogP contribution >= 0.6 is 0 Å². The van der Waals surface area contributed by atoms with Crippen molar-refractivity contribution in [1.29, 1.82) is 0 Å². The minimum absolute atomic E-state index is 0.00359. The Morgan fingerprint density at radius 1 is 0.558 bits per heavy atom. The molecule has 0 spiro atoms. The van der Waals surface area contributed by atoms with E-state index in [4.69, 9.17) is 9.97 Å². The fraction of sp³-hybridized carbons (Fsp3) is 0.184. The molecule has 0 unspecified atom stereocenters. The van der Waals surface area contributed by atoms with Crippen LogP contribution in [0.2, 0.25) is 0 Å². The van der Waals surface area contributed by atoms with Gasteiger partial charge in [-0.1, -0.05) is 163 Å². The monoisotopic (exact) mass is 677 g/mol. The summed E-state index contributed by atoms with van der Waals surface area (Å²) in [5, 5.41) is 0. The molecular formula is C49H47N3. The lowest BCUT2D eigenvalue weighted by Crippen LogP contribution is -2.19. The van der Waals surface area contributed by atoms with Crippen molar-refractivity contribution in [1.82, 2.24) is 9.97 Å². The summed E-state index contributed by atoms with van der Waals surface area (Å²) >= 11 is 0. The van der Waals surface area contributed by atoms with Gasteiger partial charge in [-0.25, -0.2) is 9.97 Å². The first-order chi connectivity index (χ1) is 24.9. The van der Waals surface area contributed by atoms with E-state index in [2.05, 4.69) is 168 Å². The molecule has 0 N–H and O–H groups in total. The van der Waals surface area contributed by atoms with Crippen molar-refractivity contribution in [3.8, 4) is 45.0 Å². The van der Waals surface area contributed by atoms with Gasteiger partial charge in [0.15, 0.2) is 5.82 Å². The summed E-state index contributed by atoms with van der Waals surface area (Å²) < 4.78 is 0. The van der Waals surface area contributed by atoms with Crippen LogP contribution in [0.5, 0.6) is 0 Å². The van der Waals surface area contributed by atoms with Crippen LogP contribution in [0.3, 0.4) is 0 Å². The van der Waals surface area contributed by atoms with Crippen molar-refractivity contribution in [2.45, 2.75) is 47.0 Å². The summed E-state index contributed by atoms with van der Waals surface area (Å²) in [5.74, 6) is 0.705. The molecule has 6 aromatic rings. The highest BCUT2D eigenvalue weighted by Crippen LogP contribution is 2.40. The van der Waals surface area contributed by atoms with Crippen LogP contribution in [-0.4, -0.2) is 16.5 Å². The molecule has 0 saturated carbocycles. The van der Waals surface area contributed by atoms with Gasteiger partial charge in [0.25, 0.3) is 0 Å². The summed E-state index contributed by atoms with van der Waals surface area (Å²) in [6, 6.07) is 47.1. The largest absolute Gasteiger partial charge is 0.337 e. The van der Waals surface area contributed by atoms with Crippen LogP contribution in [0, 0.1) is 5.41 Å². The Balaban J connectivity index is 1.25. The Labute approximate surface area is 309 Å². The Morgan fingerprint density at radius 3 is 1.75 bits per heavy atom. The summed E-state index contributed by atoms with van der Waals surface area (Å²) in [6.07, 6.45) is 6.82. The predicted molar refractivity (Wildman–Crippen MR) is 222 cm³/mol. The van der Waals surface area contributed by atoms with E-state index < -0.39 is 0 Å². The third-order valence-electron chi connectivity index (χ3n) is 9.78. The maximum Gasteiger partial charge on any atom is 0.160 e. The summed E-state index contributed by atoms with van der Waals surface area (Å²) in [4.78, 5) is 12.5. The van der Waals surface area contributed by atoms with E-state index in [-0.39, 0.29) is 10.8 Å². The molecule has 0 atom stereocenters. The molecule has 0 bridgehead atoms. The fourth-order valence-corrected chi connectivity index (χ4v) is 6.66. The number of aromatic nitrogens is 2. The first-order valence-corrected chi connectivity index (χ1v) is 18.1. The Morgan fingerprint density at radius 2 is 1.15 bits per heavy atom. The maximum absolute atomic E-state index is 5.07. The zero-order valence-corrected chi connectivity index (χ0v) is 31.2. The maximum atomic E-state index is 5.07. The van der Waals surface area contributed by atoms with Gasteiger partial charge >= 0.3 is 0 Å².